The summed E-state index contributed by atoms with van der Waals surface area (Å²) in [4.78, 5) is 6.40. The quantitative estimate of drug-likeness (QED) is 0.656. The first-order valence-corrected chi connectivity index (χ1v) is 4.00. The number of nitrogens with zero attached hydrogens (tertiary/aromatic N) is 4. The fraction of sp³-hybridized carbons (Fsp3) is 0.571. The zero-order chi connectivity index (χ0) is 9.26. The predicted molar refractivity (Wildman–Crippen MR) is 44.1 cm³/mol. The first kappa shape index (κ1) is 8.18. The molecule has 1 N–H and O–H groups in total. The van der Waals surface area contributed by atoms with E-state index in [1.165, 1.54) is 4.80 Å². The van der Waals surface area contributed by atoms with Crippen LogP contribution in [0, 0.1) is 0 Å². The highest BCUT2D eigenvalue weighted by Gasteiger charge is 2.22. The van der Waals surface area contributed by atoms with Crippen molar-refractivity contribution in [1.82, 2.24) is 15.0 Å². The summed E-state index contributed by atoms with van der Waals surface area (Å²) in [5.74, 6) is 0. The molecule has 70 valence electrons. The van der Waals surface area contributed by atoms with Gasteiger partial charge in [-0.1, -0.05) is 5.16 Å². The van der Waals surface area contributed by atoms with Crippen LogP contribution in [0.3, 0.4) is 0 Å². The zero-order valence-corrected chi connectivity index (χ0v) is 7.21. The highest BCUT2D eigenvalue weighted by molar-refractivity contribution is 5.99. The molecule has 0 spiro atoms. The lowest BCUT2D eigenvalue weighted by atomic mass is 10.1. The van der Waals surface area contributed by atoms with E-state index in [0.29, 0.717) is 12.1 Å². The van der Waals surface area contributed by atoms with Crippen molar-refractivity contribution in [3.8, 4) is 0 Å². The van der Waals surface area contributed by atoms with Gasteiger partial charge in [0.25, 0.3) is 0 Å². The van der Waals surface area contributed by atoms with Crippen LogP contribution in [-0.4, -0.2) is 38.5 Å². The lowest BCUT2D eigenvalue weighted by Gasteiger charge is -1.99. The van der Waals surface area contributed by atoms with Gasteiger partial charge < -0.3 is 9.94 Å². The molecule has 0 aromatic carbocycles. The third kappa shape index (κ3) is 1.52. The third-order valence-corrected chi connectivity index (χ3v) is 1.83. The van der Waals surface area contributed by atoms with E-state index in [9.17, 15) is 0 Å². The van der Waals surface area contributed by atoms with Gasteiger partial charge in [0.15, 0.2) is 6.10 Å². The summed E-state index contributed by atoms with van der Waals surface area (Å²) >= 11 is 0. The Kier molecular flexibility index (Phi) is 1.97. The lowest BCUT2D eigenvalue weighted by Crippen LogP contribution is -2.13. The van der Waals surface area contributed by atoms with Gasteiger partial charge in [-0.15, -0.1) is 0 Å². The summed E-state index contributed by atoms with van der Waals surface area (Å²) in [6.07, 6.45) is 1.99. The Hall–Kier alpha value is -1.43. The Bertz CT molecular complexity index is 333. The summed E-state index contributed by atoms with van der Waals surface area (Å²) in [5.41, 5.74) is 1.45. The maximum Gasteiger partial charge on any atom is 0.156 e. The molecule has 0 saturated heterocycles. The van der Waals surface area contributed by atoms with Crippen LogP contribution in [0.2, 0.25) is 0 Å². The smallest absolute Gasteiger partial charge is 0.156 e. The Morgan fingerprint density at radius 2 is 2.62 bits per heavy atom. The molecule has 2 heterocycles. The second-order valence-corrected chi connectivity index (χ2v) is 2.87. The molecule has 13 heavy (non-hydrogen) atoms. The number of aliphatic hydroxyl groups excluding tert-OH is 1. The van der Waals surface area contributed by atoms with Crippen LogP contribution in [0.15, 0.2) is 11.4 Å². The van der Waals surface area contributed by atoms with Crippen molar-refractivity contribution in [2.45, 2.75) is 12.5 Å². The molecule has 0 bridgehead atoms. The SMILES string of the molecule is Cn1ncc(C2=NOC(CO)C2)n1. The van der Waals surface area contributed by atoms with E-state index in [0.717, 1.165) is 5.71 Å². The average Bonchev–Trinajstić information content (AvgIpc) is 2.71. The molecule has 0 aliphatic carbocycles. The minimum atomic E-state index is -0.225. The van der Waals surface area contributed by atoms with Crippen molar-refractivity contribution in [3.05, 3.63) is 11.9 Å². The van der Waals surface area contributed by atoms with Crippen molar-refractivity contribution >= 4 is 5.71 Å². The van der Waals surface area contributed by atoms with E-state index >= 15 is 0 Å². The Labute approximate surface area is 74.8 Å². The minimum Gasteiger partial charge on any atom is -0.392 e. The number of hydrogen-bond donors (Lipinski definition) is 1. The van der Waals surface area contributed by atoms with Gasteiger partial charge in [-0.05, 0) is 0 Å². The van der Waals surface area contributed by atoms with Gasteiger partial charge in [-0.25, -0.2) is 0 Å². The normalized spacial score (nSPS) is 21.4. The van der Waals surface area contributed by atoms with Crippen molar-refractivity contribution in [2.75, 3.05) is 6.61 Å². The van der Waals surface area contributed by atoms with E-state index in [1.54, 1.807) is 13.2 Å². The molecule has 0 amide bonds. The zero-order valence-electron chi connectivity index (χ0n) is 7.21. The van der Waals surface area contributed by atoms with E-state index in [1.807, 2.05) is 0 Å². The lowest BCUT2D eigenvalue weighted by molar-refractivity contribution is 0.0390. The fourth-order valence-corrected chi connectivity index (χ4v) is 1.16. The Morgan fingerprint density at radius 1 is 1.77 bits per heavy atom. The minimum absolute atomic E-state index is 0.0206. The highest BCUT2D eigenvalue weighted by atomic mass is 16.6. The van der Waals surface area contributed by atoms with E-state index < -0.39 is 0 Å². The number of aryl methyl sites for hydroxylation is 1. The molecule has 6 heteroatoms. The molecule has 1 atom stereocenters. The number of rotatable bonds is 2. The van der Waals surface area contributed by atoms with Gasteiger partial charge in [-0.3, -0.25) is 0 Å². The second kappa shape index (κ2) is 3.14. The molecule has 2 rings (SSSR count). The van der Waals surface area contributed by atoms with Crippen LogP contribution in [0.5, 0.6) is 0 Å². The monoisotopic (exact) mass is 182 g/mol. The maximum absolute atomic E-state index is 8.80. The van der Waals surface area contributed by atoms with E-state index in [4.69, 9.17) is 9.94 Å². The summed E-state index contributed by atoms with van der Waals surface area (Å²) in [6, 6.07) is 0. The van der Waals surface area contributed by atoms with Crippen molar-refractivity contribution in [2.24, 2.45) is 12.2 Å². The molecular formula is C7H10N4O2. The number of aliphatic hydroxyl groups is 1. The van der Waals surface area contributed by atoms with Gasteiger partial charge in [0.1, 0.15) is 11.4 Å². The van der Waals surface area contributed by atoms with E-state index in [2.05, 4.69) is 15.4 Å². The topological polar surface area (TPSA) is 72.5 Å². The van der Waals surface area contributed by atoms with Gasteiger partial charge in [0, 0.05) is 13.5 Å². The molecule has 6 nitrogen and oxygen atoms in total. The standard InChI is InChI=1S/C7H10N4O2/c1-11-8-3-7(9-11)6-2-5(4-12)13-10-6/h3,5,12H,2,4H2,1H3. The Balaban J connectivity index is 2.12. The van der Waals surface area contributed by atoms with Crippen LogP contribution in [0.4, 0.5) is 0 Å². The molecule has 1 aromatic rings. The predicted octanol–water partition coefficient (Wildman–Crippen LogP) is -0.700. The van der Waals surface area contributed by atoms with Crippen LogP contribution in [-0.2, 0) is 11.9 Å². The average molecular weight is 182 g/mol. The number of aromatic nitrogens is 3. The van der Waals surface area contributed by atoms with Gasteiger partial charge in [0.2, 0.25) is 0 Å². The first-order valence-electron chi connectivity index (χ1n) is 4.00. The molecule has 0 radical (unpaired) electrons. The summed E-state index contributed by atoms with van der Waals surface area (Å²) in [5, 5.41) is 20.6. The first-order chi connectivity index (χ1) is 6.29. The van der Waals surface area contributed by atoms with Crippen LogP contribution in [0.25, 0.3) is 0 Å². The van der Waals surface area contributed by atoms with Crippen LogP contribution < -0.4 is 0 Å². The fourth-order valence-electron chi connectivity index (χ4n) is 1.16. The molecular weight excluding hydrogens is 172 g/mol. The summed E-state index contributed by atoms with van der Waals surface area (Å²) in [6.45, 7) is -0.0206. The molecule has 1 aliphatic rings. The highest BCUT2D eigenvalue weighted by Crippen LogP contribution is 2.13. The molecule has 1 aliphatic heterocycles. The molecule has 0 saturated carbocycles. The Morgan fingerprint density at radius 3 is 3.15 bits per heavy atom. The van der Waals surface area contributed by atoms with Gasteiger partial charge >= 0.3 is 0 Å². The largest absolute Gasteiger partial charge is 0.392 e. The third-order valence-electron chi connectivity index (χ3n) is 1.83. The molecule has 1 aromatic heterocycles. The van der Waals surface area contributed by atoms with Crippen molar-refractivity contribution in [3.63, 3.8) is 0 Å². The summed E-state index contributed by atoms with van der Waals surface area (Å²) < 4.78 is 0. The number of oxime groups is 1. The molecule has 0 fully saturated rings. The molecule has 1 unspecified atom stereocenters. The van der Waals surface area contributed by atoms with Crippen molar-refractivity contribution in [1.29, 1.82) is 0 Å². The maximum atomic E-state index is 8.80. The van der Waals surface area contributed by atoms with Crippen LogP contribution >= 0.6 is 0 Å². The summed E-state index contributed by atoms with van der Waals surface area (Å²) in [7, 11) is 1.74. The van der Waals surface area contributed by atoms with E-state index in [-0.39, 0.29) is 12.7 Å². The van der Waals surface area contributed by atoms with Gasteiger partial charge in [0.05, 0.1) is 12.8 Å². The second-order valence-electron chi connectivity index (χ2n) is 2.87. The van der Waals surface area contributed by atoms with Gasteiger partial charge in [-0.2, -0.15) is 15.0 Å². The van der Waals surface area contributed by atoms with Crippen LogP contribution in [0.1, 0.15) is 12.1 Å². The van der Waals surface area contributed by atoms with Crippen molar-refractivity contribution < 1.29 is 9.94 Å². The number of hydrogen-bond acceptors (Lipinski definition) is 5.